The summed E-state index contributed by atoms with van der Waals surface area (Å²) in [6.45, 7) is 2.09. The Labute approximate surface area is 110 Å². The Kier molecular flexibility index (Phi) is 3.97. The molecule has 0 spiro atoms. The Hall–Kier alpha value is -1.12. The predicted molar refractivity (Wildman–Crippen MR) is 73.1 cm³/mol. The molecule has 1 nitrogen and oxygen atoms in total. The van der Waals surface area contributed by atoms with E-state index >= 15 is 0 Å². The maximum atomic E-state index is 9.21. The summed E-state index contributed by atoms with van der Waals surface area (Å²) in [5.41, 5.74) is 1.16. The molecule has 0 radical (unpaired) electrons. The molecular weight excluding hydrogens is 252 g/mol. The van der Waals surface area contributed by atoms with Crippen molar-refractivity contribution in [3.05, 3.63) is 53.1 Å². The molecule has 0 atom stereocenters. The van der Waals surface area contributed by atoms with Crippen LogP contribution < -0.4 is 0 Å². The molecule has 0 aliphatic carbocycles. The third-order valence-corrected chi connectivity index (χ3v) is 3.84. The SMILES string of the molecule is CCc1cc(Sc2ccc(O)cc2)ccc1Cl. The lowest BCUT2D eigenvalue weighted by Crippen LogP contribution is -1.83. The molecule has 0 fully saturated rings. The summed E-state index contributed by atoms with van der Waals surface area (Å²) in [5, 5.41) is 10.0. The van der Waals surface area contributed by atoms with Crippen LogP contribution in [0.1, 0.15) is 12.5 Å². The second kappa shape index (κ2) is 5.48. The molecule has 88 valence electrons. The van der Waals surface area contributed by atoms with Gasteiger partial charge in [-0.3, -0.25) is 0 Å². The lowest BCUT2D eigenvalue weighted by atomic mass is 10.2. The van der Waals surface area contributed by atoms with Crippen molar-refractivity contribution in [3.8, 4) is 5.75 Å². The van der Waals surface area contributed by atoms with Gasteiger partial charge >= 0.3 is 0 Å². The molecule has 0 aromatic heterocycles. The van der Waals surface area contributed by atoms with Crippen molar-refractivity contribution in [2.75, 3.05) is 0 Å². The van der Waals surface area contributed by atoms with Gasteiger partial charge in [-0.05, 0) is 54.4 Å². The quantitative estimate of drug-likeness (QED) is 0.863. The van der Waals surface area contributed by atoms with Gasteiger partial charge in [0.1, 0.15) is 5.75 Å². The van der Waals surface area contributed by atoms with Crippen LogP contribution in [0.5, 0.6) is 5.75 Å². The Morgan fingerprint density at radius 1 is 1.06 bits per heavy atom. The highest BCUT2D eigenvalue weighted by atomic mass is 35.5. The van der Waals surface area contributed by atoms with Gasteiger partial charge < -0.3 is 5.11 Å². The van der Waals surface area contributed by atoms with E-state index in [2.05, 4.69) is 13.0 Å². The molecule has 2 aromatic rings. The van der Waals surface area contributed by atoms with Gasteiger partial charge in [-0.25, -0.2) is 0 Å². The van der Waals surface area contributed by atoms with Crippen LogP contribution >= 0.6 is 23.4 Å². The summed E-state index contributed by atoms with van der Waals surface area (Å²) in [4.78, 5) is 2.27. The molecule has 0 bridgehead atoms. The van der Waals surface area contributed by atoms with Gasteiger partial charge in [0.15, 0.2) is 0 Å². The van der Waals surface area contributed by atoms with Gasteiger partial charge in [0.05, 0.1) is 0 Å². The zero-order valence-corrected chi connectivity index (χ0v) is 11.1. The first-order valence-corrected chi connectivity index (χ1v) is 6.64. The molecule has 2 aromatic carbocycles. The van der Waals surface area contributed by atoms with E-state index < -0.39 is 0 Å². The molecular formula is C14H13ClOS. The Bertz CT molecular complexity index is 508. The zero-order chi connectivity index (χ0) is 12.3. The number of aromatic hydroxyl groups is 1. The second-order valence-electron chi connectivity index (χ2n) is 3.70. The summed E-state index contributed by atoms with van der Waals surface area (Å²) >= 11 is 7.74. The predicted octanol–water partition coefficient (Wildman–Crippen LogP) is 4.76. The van der Waals surface area contributed by atoms with Crippen LogP contribution in [0, 0.1) is 0 Å². The van der Waals surface area contributed by atoms with Gasteiger partial charge in [0.25, 0.3) is 0 Å². The largest absolute Gasteiger partial charge is 0.508 e. The standard InChI is InChI=1S/C14H13ClOS/c1-2-10-9-13(7-8-14(10)15)17-12-5-3-11(16)4-6-12/h3-9,16H,2H2,1H3. The minimum absolute atomic E-state index is 0.291. The number of rotatable bonds is 3. The molecule has 0 aliphatic heterocycles. The fourth-order valence-electron chi connectivity index (χ4n) is 1.54. The Balaban J connectivity index is 2.21. The number of aryl methyl sites for hydroxylation is 1. The van der Waals surface area contributed by atoms with Crippen LogP contribution in [0.25, 0.3) is 0 Å². The first-order valence-electron chi connectivity index (χ1n) is 5.44. The van der Waals surface area contributed by atoms with Crippen LogP contribution in [0.3, 0.4) is 0 Å². The molecule has 2 rings (SSSR count). The first-order chi connectivity index (χ1) is 8.19. The average Bonchev–Trinajstić information content (AvgIpc) is 2.34. The molecule has 17 heavy (non-hydrogen) atoms. The summed E-state index contributed by atoms with van der Waals surface area (Å²) < 4.78 is 0. The van der Waals surface area contributed by atoms with E-state index in [0.717, 1.165) is 26.8 Å². The molecule has 0 unspecified atom stereocenters. The number of benzene rings is 2. The lowest BCUT2D eigenvalue weighted by molar-refractivity contribution is 0.475. The smallest absolute Gasteiger partial charge is 0.115 e. The summed E-state index contributed by atoms with van der Waals surface area (Å²) in [6.07, 6.45) is 0.933. The van der Waals surface area contributed by atoms with Crippen LogP contribution in [0.15, 0.2) is 52.3 Å². The van der Waals surface area contributed by atoms with E-state index in [1.165, 1.54) is 0 Å². The van der Waals surface area contributed by atoms with E-state index in [9.17, 15) is 5.11 Å². The van der Waals surface area contributed by atoms with Gasteiger partial charge in [-0.15, -0.1) is 0 Å². The molecule has 0 saturated heterocycles. The maximum Gasteiger partial charge on any atom is 0.115 e. The van der Waals surface area contributed by atoms with Gasteiger partial charge in [0.2, 0.25) is 0 Å². The van der Waals surface area contributed by atoms with Crippen LogP contribution in [-0.2, 0) is 6.42 Å². The van der Waals surface area contributed by atoms with E-state index in [1.54, 1.807) is 23.9 Å². The van der Waals surface area contributed by atoms with Crippen LogP contribution in [-0.4, -0.2) is 5.11 Å². The maximum absolute atomic E-state index is 9.21. The summed E-state index contributed by atoms with van der Waals surface area (Å²) in [7, 11) is 0. The van der Waals surface area contributed by atoms with E-state index in [1.807, 2.05) is 24.3 Å². The molecule has 0 heterocycles. The van der Waals surface area contributed by atoms with Crippen LogP contribution in [0.4, 0.5) is 0 Å². The van der Waals surface area contributed by atoms with Crippen molar-refractivity contribution in [1.29, 1.82) is 0 Å². The van der Waals surface area contributed by atoms with Crippen molar-refractivity contribution in [3.63, 3.8) is 0 Å². The van der Waals surface area contributed by atoms with Crippen molar-refractivity contribution < 1.29 is 5.11 Å². The number of phenolic OH excluding ortho intramolecular Hbond substituents is 1. The normalized spacial score (nSPS) is 10.5. The monoisotopic (exact) mass is 264 g/mol. The van der Waals surface area contributed by atoms with Gasteiger partial charge in [0, 0.05) is 14.8 Å². The molecule has 0 saturated carbocycles. The third kappa shape index (κ3) is 3.18. The molecule has 3 heteroatoms. The fourth-order valence-corrected chi connectivity index (χ4v) is 2.67. The zero-order valence-electron chi connectivity index (χ0n) is 9.48. The molecule has 0 amide bonds. The van der Waals surface area contributed by atoms with E-state index in [-0.39, 0.29) is 0 Å². The highest BCUT2D eigenvalue weighted by molar-refractivity contribution is 7.99. The highest BCUT2D eigenvalue weighted by Crippen LogP contribution is 2.31. The minimum Gasteiger partial charge on any atom is -0.508 e. The number of hydrogen-bond acceptors (Lipinski definition) is 2. The number of hydrogen-bond donors (Lipinski definition) is 1. The Morgan fingerprint density at radius 2 is 1.71 bits per heavy atom. The van der Waals surface area contributed by atoms with E-state index in [0.29, 0.717) is 5.75 Å². The molecule has 0 aliphatic rings. The van der Waals surface area contributed by atoms with Gasteiger partial charge in [-0.1, -0.05) is 30.3 Å². The van der Waals surface area contributed by atoms with Crippen LogP contribution in [0.2, 0.25) is 5.02 Å². The third-order valence-electron chi connectivity index (χ3n) is 2.47. The summed E-state index contributed by atoms with van der Waals surface area (Å²) in [5.74, 6) is 0.291. The highest BCUT2D eigenvalue weighted by Gasteiger charge is 2.02. The molecule has 1 N–H and O–H groups in total. The van der Waals surface area contributed by atoms with E-state index in [4.69, 9.17) is 11.6 Å². The minimum atomic E-state index is 0.291. The van der Waals surface area contributed by atoms with Crippen molar-refractivity contribution in [2.24, 2.45) is 0 Å². The van der Waals surface area contributed by atoms with Crippen molar-refractivity contribution in [2.45, 2.75) is 23.1 Å². The topological polar surface area (TPSA) is 20.2 Å². The number of phenols is 1. The lowest BCUT2D eigenvalue weighted by Gasteiger charge is -2.05. The second-order valence-corrected chi connectivity index (χ2v) is 5.26. The fraction of sp³-hybridized carbons (Fsp3) is 0.143. The van der Waals surface area contributed by atoms with Crippen molar-refractivity contribution in [1.82, 2.24) is 0 Å². The Morgan fingerprint density at radius 3 is 2.35 bits per heavy atom. The number of halogens is 1. The van der Waals surface area contributed by atoms with Crippen molar-refractivity contribution >= 4 is 23.4 Å². The first kappa shape index (κ1) is 12.3. The van der Waals surface area contributed by atoms with Gasteiger partial charge in [-0.2, -0.15) is 0 Å². The summed E-state index contributed by atoms with van der Waals surface area (Å²) in [6, 6.07) is 13.3. The average molecular weight is 265 g/mol.